The monoisotopic (exact) mass is 367 g/mol. The Balaban J connectivity index is 1.28. The van der Waals surface area contributed by atoms with E-state index < -0.39 is 0 Å². The molecular formula is C25H34FN. The van der Waals surface area contributed by atoms with Gasteiger partial charge in [-0.25, -0.2) is 4.39 Å². The SMILES string of the molecule is N#CC=CC1CCC(C2CCC(CCCCc3ccc(F)cc3)CC2)CC1. The first kappa shape index (κ1) is 20.1. The Labute approximate surface area is 164 Å². The van der Waals surface area contributed by atoms with Crippen molar-refractivity contribution in [1.29, 1.82) is 5.26 Å². The average molecular weight is 368 g/mol. The topological polar surface area (TPSA) is 23.8 Å². The highest BCUT2D eigenvalue weighted by molar-refractivity contribution is 5.15. The Morgan fingerprint density at radius 3 is 2.15 bits per heavy atom. The molecule has 0 atom stereocenters. The van der Waals surface area contributed by atoms with Gasteiger partial charge in [0.25, 0.3) is 0 Å². The predicted octanol–water partition coefficient (Wildman–Crippen LogP) is 7.23. The molecule has 0 saturated heterocycles. The molecule has 1 aromatic carbocycles. The van der Waals surface area contributed by atoms with E-state index in [0.29, 0.717) is 5.92 Å². The van der Waals surface area contributed by atoms with E-state index in [0.717, 1.165) is 24.2 Å². The molecule has 0 aliphatic heterocycles. The van der Waals surface area contributed by atoms with Crippen LogP contribution in [0.4, 0.5) is 4.39 Å². The van der Waals surface area contributed by atoms with Crippen LogP contribution in [-0.2, 0) is 6.42 Å². The van der Waals surface area contributed by atoms with E-state index in [2.05, 4.69) is 12.1 Å². The van der Waals surface area contributed by atoms with Crippen LogP contribution in [0.15, 0.2) is 36.4 Å². The molecule has 0 bridgehead atoms. The van der Waals surface area contributed by atoms with E-state index in [1.165, 1.54) is 76.2 Å². The summed E-state index contributed by atoms with van der Waals surface area (Å²) in [4.78, 5) is 0. The van der Waals surface area contributed by atoms with Gasteiger partial charge in [-0.2, -0.15) is 5.26 Å². The summed E-state index contributed by atoms with van der Waals surface area (Å²) in [5.74, 6) is 3.35. The standard InChI is InChI=1S/C25H34FN/c26-25-17-11-21(12-18-25)5-2-1-4-20-7-13-23(14-8-20)24-15-9-22(10-16-24)6-3-19-27/h3,6,11-12,17-18,20,22-24H,1-2,4-5,7-10,13-16H2. The van der Waals surface area contributed by atoms with E-state index in [1.54, 1.807) is 18.2 Å². The van der Waals surface area contributed by atoms with Crippen LogP contribution in [-0.4, -0.2) is 0 Å². The quantitative estimate of drug-likeness (QED) is 0.368. The molecule has 1 aromatic rings. The van der Waals surface area contributed by atoms with Crippen molar-refractivity contribution >= 4 is 0 Å². The van der Waals surface area contributed by atoms with Gasteiger partial charge in [-0.1, -0.05) is 43.9 Å². The number of benzene rings is 1. The largest absolute Gasteiger partial charge is 0.207 e. The lowest BCUT2D eigenvalue weighted by molar-refractivity contribution is 0.151. The predicted molar refractivity (Wildman–Crippen MR) is 110 cm³/mol. The van der Waals surface area contributed by atoms with Crippen LogP contribution >= 0.6 is 0 Å². The van der Waals surface area contributed by atoms with E-state index in [1.807, 2.05) is 12.1 Å². The zero-order valence-electron chi connectivity index (χ0n) is 16.6. The van der Waals surface area contributed by atoms with Crippen LogP contribution in [0.5, 0.6) is 0 Å². The van der Waals surface area contributed by atoms with Crippen LogP contribution in [0.25, 0.3) is 0 Å². The van der Waals surface area contributed by atoms with Gasteiger partial charge in [0.05, 0.1) is 6.07 Å². The van der Waals surface area contributed by atoms with E-state index >= 15 is 0 Å². The molecule has 0 radical (unpaired) electrons. The van der Waals surface area contributed by atoms with Crippen LogP contribution in [0.1, 0.15) is 76.2 Å². The fourth-order valence-corrected chi connectivity index (χ4v) is 5.35. The first-order chi connectivity index (χ1) is 13.2. The fraction of sp³-hybridized carbons (Fsp3) is 0.640. The number of hydrogen-bond acceptors (Lipinski definition) is 1. The molecule has 27 heavy (non-hydrogen) atoms. The second-order valence-corrected chi connectivity index (χ2v) is 8.82. The molecule has 0 N–H and O–H groups in total. The number of nitrogens with zero attached hydrogens (tertiary/aromatic N) is 1. The lowest BCUT2D eigenvalue weighted by Gasteiger charge is -2.37. The summed E-state index contributed by atoms with van der Waals surface area (Å²) in [6.45, 7) is 0. The summed E-state index contributed by atoms with van der Waals surface area (Å²) in [5.41, 5.74) is 1.26. The fourth-order valence-electron chi connectivity index (χ4n) is 5.35. The van der Waals surface area contributed by atoms with Crippen molar-refractivity contribution in [3.8, 4) is 6.07 Å². The molecule has 0 spiro atoms. The lowest BCUT2D eigenvalue weighted by Crippen LogP contribution is -2.25. The van der Waals surface area contributed by atoms with Gasteiger partial charge in [-0.15, -0.1) is 0 Å². The minimum atomic E-state index is -0.136. The van der Waals surface area contributed by atoms with Crippen molar-refractivity contribution < 1.29 is 4.39 Å². The molecule has 3 rings (SSSR count). The van der Waals surface area contributed by atoms with Gasteiger partial charge in [0.1, 0.15) is 5.82 Å². The van der Waals surface area contributed by atoms with E-state index in [9.17, 15) is 4.39 Å². The Morgan fingerprint density at radius 2 is 1.52 bits per heavy atom. The molecule has 0 aromatic heterocycles. The minimum Gasteiger partial charge on any atom is -0.207 e. The highest BCUT2D eigenvalue weighted by Gasteiger charge is 2.30. The number of nitriles is 1. The van der Waals surface area contributed by atoms with Crippen molar-refractivity contribution in [1.82, 2.24) is 0 Å². The zero-order chi connectivity index (χ0) is 18.9. The number of unbranched alkanes of at least 4 members (excludes halogenated alkanes) is 1. The third-order valence-corrected chi connectivity index (χ3v) is 7.06. The molecule has 2 heteroatoms. The number of hydrogen-bond donors (Lipinski definition) is 0. The highest BCUT2D eigenvalue weighted by atomic mass is 19.1. The summed E-state index contributed by atoms with van der Waals surface area (Å²) >= 11 is 0. The summed E-state index contributed by atoms with van der Waals surface area (Å²) in [7, 11) is 0. The van der Waals surface area contributed by atoms with Gasteiger partial charge in [0.15, 0.2) is 0 Å². The Bertz CT molecular complexity index is 611. The van der Waals surface area contributed by atoms with Crippen molar-refractivity contribution in [2.75, 3.05) is 0 Å². The van der Waals surface area contributed by atoms with E-state index in [-0.39, 0.29) is 5.82 Å². The maximum Gasteiger partial charge on any atom is 0.123 e. The summed E-state index contributed by atoms with van der Waals surface area (Å²) in [6, 6.07) is 9.12. The maximum atomic E-state index is 12.9. The molecule has 2 aliphatic rings. The van der Waals surface area contributed by atoms with Crippen molar-refractivity contribution in [3.05, 3.63) is 47.8 Å². The molecule has 2 aliphatic carbocycles. The first-order valence-corrected chi connectivity index (χ1v) is 11.1. The molecule has 0 unspecified atom stereocenters. The first-order valence-electron chi connectivity index (χ1n) is 11.1. The second kappa shape index (κ2) is 10.6. The maximum absolute atomic E-state index is 12.9. The van der Waals surface area contributed by atoms with E-state index in [4.69, 9.17) is 5.26 Å². The van der Waals surface area contributed by atoms with Gasteiger partial charge < -0.3 is 0 Å². The average Bonchev–Trinajstić information content (AvgIpc) is 2.72. The third-order valence-electron chi connectivity index (χ3n) is 7.06. The van der Waals surface area contributed by atoms with Crippen LogP contribution in [0, 0.1) is 40.8 Å². The van der Waals surface area contributed by atoms with Crippen LogP contribution in [0.2, 0.25) is 0 Å². The molecule has 2 fully saturated rings. The normalized spacial score (nSPS) is 28.9. The molecule has 0 amide bonds. The zero-order valence-corrected chi connectivity index (χ0v) is 16.6. The Kier molecular flexibility index (Phi) is 7.93. The van der Waals surface area contributed by atoms with Gasteiger partial charge in [-0.3, -0.25) is 0 Å². The summed E-state index contributed by atoms with van der Waals surface area (Å²) in [5, 5.41) is 8.67. The number of rotatable bonds is 7. The number of allylic oxidation sites excluding steroid dienone is 2. The van der Waals surface area contributed by atoms with Crippen LogP contribution in [0.3, 0.4) is 0 Å². The second-order valence-electron chi connectivity index (χ2n) is 8.82. The Hall–Kier alpha value is -1.62. The number of aryl methyl sites for hydroxylation is 1. The number of halogens is 1. The Morgan fingerprint density at radius 1 is 0.889 bits per heavy atom. The van der Waals surface area contributed by atoms with Gasteiger partial charge in [-0.05, 0) is 92.7 Å². The summed E-state index contributed by atoms with van der Waals surface area (Å²) in [6.07, 6.45) is 19.8. The van der Waals surface area contributed by atoms with Gasteiger partial charge in [0.2, 0.25) is 0 Å². The van der Waals surface area contributed by atoms with Gasteiger partial charge in [0, 0.05) is 6.08 Å². The molecule has 146 valence electrons. The third kappa shape index (κ3) is 6.49. The smallest absolute Gasteiger partial charge is 0.123 e. The lowest BCUT2D eigenvalue weighted by atomic mass is 9.68. The molecule has 1 nitrogen and oxygen atoms in total. The highest BCUT2D eigenvalue weighted by Crippen LogP contribution is 2.42. The van der Waals surface area contributed by atoms with Crippen molar-refractivity contribution in [2.45, 2.75) is 77.0 Å². The van der Waals surface area contributed by atoms with Crippen molar-refractivity contribution in [2.24, 2.45) is 23.7 Å². The summed E-state index contributed by atoms with van der Waals surface area (Å²) < 4.78 is 12.9. The van der Waals surface area contributed by atoms with Crippen molar-refractivity contribution in [3.63, 3.8) is 0 Å². The molecular weight excluding hydrogens is 333 g/mol. The molecule has 0 heterocycles. The minimum absolute atomic E-state index is 0.136. The molecule has 2 saturated carbocycles. The van der Waals surface area contributed by atoms with Crippen LogP contribution < -0.4 is 0 Å². The van der Waals surface area contributed by atoms with Gasteiger partial charge >= 0.3 is 0 Å².